The first kappa shape index (κ1) is 18.6. The number of carbonyl (C=O) groups excluding carboxylic acids is 2. The number of guanidine groups is 1. The van der Waals surface area contributed by atoms with E-state index in [4.69, 9.17) is 0 Å². The molecule has 0 fully saturated rings. The fourth-order valence-corrected chi connectivity index (χ4v) is 2.93. The Bertz CT molecular complexity index is 780. The number of aromatic nitrogens is 2. The van der Waals surface area contributed by atoms with Gasteiger partial charge in [-0.15, -0.1) is 0 Å². The second kappa shape index (κ2) is 8.98. The summed E-state index contributed by atoms with van der Waals surface area (Å²) in [5, 5.41) is 10.5. The van der Waals surface area contributed by atoms with Crippen molar-refractivity contribution >= 4 is 17.8 Å². The molecule has 0 saturated carbocycles. The Morgan fingerprint density at radius 2 is 1.81 bits per heavy atom. The monoisotopic (exact) mass is 368 g/mol. The van der Waals surface area contributed by atoms with Crippen LogP contribution < -0.4 is 10.6 Å². The van der Waals surface area contributed by atoms with Gasteiger partial charge >= 0.3 is 0 Å². The number of hydrogen-bond acceptors (Lipinski definition) is 4. The van der Waals surface area contributed by atoms with E-state index in [-0.39, 0.29) is 11.8 Å². The largest absolute Gasteiger partial charge is 0.357 e. The summed E-state index contributed by atoms with van der Waals surface area (Å²) in [7, 11) is 0. The minimum Gasteiger partial charge on any atom is -0.357 e. The maximum absolute atomic E-state index is 12.4. The number of nitrogens with one attached hydrogen (secondary N) is 2. The topological polar surface area (TPSA) is 91.6 Å². The highest BCUT2D eigenvalue weighted by molar-refractivity contribution is 6.21. The van der Waals surface area contributed by atoms with Crippen LogP contribution in [0, 0.1) is 0 Å². The fraction of sp³-hybridized carbons (Fsp3) is 0.368. The van der Waals surface area contributed by atoms with Crippen LogP contribution in [-0.4, -0.2) is 58.6 Å². The second-order valence-corrected chi connectivity index (χ2v) is 6.12. The number of imide groups is 1. The van der Waals surface area contributed by atoms with E-state index in [0.29, 0.717) is 36.7 Å². The summed E-state index contributed by atoms with van der Waals surface area (Å²) in [5.41, 5.74) is 0.948. The number of rotatable bonds is 8. The third kappa shape index (κ3) is 4.52. The lowest BCUT2D eigenvalue weighted by Gasteiger charge is -2.16. The predicted octanol–water partition coefficient (Wildman–Crippen LogP) is 1.12. The average molecular weight is 368 g/mol. The molecule has 0 saturated heterocycles. The van der Waals surface area contributed by atoms with Crippen molar-refractivity contribution in [2.75, 3.05) is 26.2 Å². The van der Waals surface area contributed by atoms with Gasteiger partial charge in [-0.05, 0) is 31.5 Å². The molecule has 1 aromatic carbocycles. The molecule has 1 aliphatic rings. The summed E-state index contributed by atoms with van der Waals surface area (Å²) >= 11 is 0. The lowest BCUT2D eigenvalue weighted by molar-refractivity contribution is 0.0657. The van der Waals surface area contributed by atoms with E-state index in [9.17, 15) is 9.59 Å². The molecule has 1 aliphatic heterocycles. The van der Waals surface area contributed by atoms with Crippen molar-refractivity contribution in [1.82, 2.24) is 25.3 Å². The van der Waals surface area contributed by atoms with Gasteiger partial charge in [-0.2, -0.15) is 5.10 Å². The molecule has 8 nitrogen and oxygen atoms in total. The molecule has 0 spiro atoms. The summed E-state index contributed by atoms with van der Waals surface area (Å²) in [6.45, 7) is 4.93. The molecule has 0 aliphatic carbocycles. The second-order valence-electron chi connectivity index (χ2n) is 6.12. The van der Waals surface area contributed by atoms with Crippen LogP contribution in [-0.2, 0) is 6.54 Å². The summed E-state index contributed by atoms with van der Waals surface area (Å²) in [5.74, 6) is 0.201. The van der Waals surface area contributed by atoms with E-state index in [1.54, 1.807) is 30.5 Å². The van der Waals surface area contributed by atoms with Crippen LogP contribution in [0.4, 0.5) is 0 Å². The van der Waals surface area contributed by atoms with Gasteiger partial charge in [-0.25, -0.2) is 0 Å². The number of aryl methyl sites for hydroxylation is 1. The summed E-state index contributed by atoms with van der Waals surface area (Å²) < 4.78 is 1.87. The van der Waals surface area contributed by atoms with E-state index >= 15 is 0 Å². The smallest absolute Gasteiger partial charge is 0.261 e. The molecule has 27 heavy (non-hydrogen) atoms. The highest BCUT2D eigenvalue weighted by Crippen LogP contribution is 2.21. The Kier molecular flexibility index (Phi) is 6.19. The number of benzene rings is 1. The van der Waals surface area contributed by atoms with Crippen molar-refractivity contribution in [1.29, 1.82) is 0 Å². The summed E-state index contributed by atoms with van der Waals surface area (Å²) in [6.07, 6.45) is 4.56. The molecule has 3 rings (SSSR count). The first-order chi connectivity index (χ1) is 13.2. The van der Waals surface area contributed by atoms with Crippen molar-refractivity contribution in [3.05, 3.63) is 53.9 Å². The number of aliphatic imine (C=N–C) groups is 1. The maximum Gasteiger partial charge on any atom is 0.261 e. The first-order valence-corrected chi connectivity index (χ1v) is 9.15. The number of amides is 2. The summed E-state index contributed by atoms with van der Waals surface area (Å²) in [4.78, 5) is 30.5. The molecular formula is C19H24N6O2. The quantitative estimate of drug-likeness (QED) is 0.315. The minimum atomic E-state index is -0.237. The zero-order valence-corrected chi connectivity index (χ0v) is 15.4. The van der Waals surface area contributed by atoms with Crippen molar-refractivity contribution in [2.24, 2.45) is 4.99 Å². The SMILES string of the molecule is CCNC(=NCCCn1cccn1)NCCN1C(=O)c2ccccc2C1=O. The number of carbonyl (C=O) groups is 2. The predicted molar refractivity (Wildman–Crippen MR) is 103 cm³/mol. The van der Waals surface area contributed by atoms with Gasteiger partial charge in [-0.3, -0.25) is 24.2 Å². The Morgan fingerprint density at radius 1 is 1.07 bits per heavy atom. The normalized spacial score (nSPS) is 13.8. The molecule has 2 aromatic rings. The van der Waals surface area contributed by atoms with Crippen LogP contribution in [0.15, 0.2) is 47.7 Å². The van der Waals surface area contributed by atoms with Gasteiger partial charge in [0.1, 0.15) is 0 Å². The lowest BCUT2D eigenvalue weighted by atomic mass is 10.1. The molecule has 2 N–H and O–H groups in total. The van der Waals surface area contributed by atoms with E-state index < -0.39 is 0 Å². The van der Waals surface area contributed by atoms with Crippen LogP contribution >= 0.6 is 0 Å². The Morgan fingerprint density at radius 3 is 2.44 bits per heavy atom. The Labute approximate surface area is 158 Å². The van der Waals surface area contributed by atoms with Gasteiger partial charge < -0.3 is 10.6 Å². The van der Waals surface area contributed by atoms with Gasteiger partial charge in [-0.1, -0.05) is 12.1 Å². The molecule has 0 unspecified atom stereocenters. The van der Waals surface area contributed by atoms with Crippen LogP contribution in [0.5, 0.6) is 0 Å². The van der Waals surface area contributed by atoms with Gasteiger partial charge in [0.15, 0.2) is 5.96 Å². The van der Waals surface area contributed by atoms with Crippen molar-refractivity contribution < 1.29 is 9.59 Å². The molecule has 0 atom stereocenters. The van der Waals surface area contributed by atoms with Gasteiger partial charge in [0, 0.05) is 45.1 Å². The third-order valence-electron chi connectivity index (χ3n) is 4.22. The molecule has 2 heterocycles. The standard InChI is InChI=1S/C19H24N6O2/c1-2-20-19(21-9-5-12-24-13-6-10-23-24)22-11-14-25-17(26)15-7-3-4-8-16(15)18(25)27/h3-4,6-8,10,13H,2,5,9,11-12,14H2,1H3,(H2,20,21,22). The van der Waals surface area contributed by atoms with Gasteiger partial charge in [0.25, 0.3) is 11.8 Å². The van der Waals surface area contributed by atoms with E-state index in [1.165, 1.54) is 4.90 Å². The number of nitrogens with zero attached hydrogens (tertiary/aromatic N) is 4. The first-order valence-electron chi connectivity index (χ1n) is 9.15. The molecule has 0 bridgehead atoms. The van der Waals surface area contributed by atoms with Crippen LogP contribution in [0.25, 0.3) is 0 Å². The van der Waals surface area contributed by atoms with E-state index in [2.05, 4.69) is 20.7 Å². The molecule has 1 aromatic heterocycles. The number of hydrogen-bond donors (Lipinski definition) is 2. The zero-order chi connectivity index (χ0) is 19.1. The lowest BCUT2D eigenvalue weighted by Crippen LogP contribution is -2.43. The molecule has 2 amide bonds. The Hall–Kier alpha value is -3.16. The molecular weight excluding hydrogens is 344 g/mol. The molecule has 0 radical (unpaired) electrons. The van der Waals surface area contributed by atoms with Crippen molar-refractivity contribution in [2.45, 2.75) is 19.9 Å². The average Bonchev–Trinajstić information content (AvgIpc) is 3.28. The van der Waals surface area contributed by atoms with E-state index in [1.807, 2.05) is 23.9 Å². The van der Waals surface area contributed by atoms with Crippen LogP contribution in [0.3, 0.4) is 0 Å². The third-order valence-corrected chi connectivity index (χ3v) is 4.22. The van der Waals surface area contributed by atoms with Crippen LogP contribution in [0.1, 0.15) is 34.1 Å². The summed E-state index contributed by atoms with van der Waals surface area (Å²) in [6, 6.07) is 8.81. The van der Waals surface area contributed by atoms with Gasteiger partial charge in [0.2, 0.25) is 0 Å². The number of fused-ring (bicyclic) bond motifs is 1. The van der Waals surface area contributed by atoms with Gasteiger partial charge in [0.05, 0.1) is 11.1 Å². The fourth-order valence-electron chi connectivity index (χ4n) is 2.93. The van der Waals surface area contributed by atoms with Crippen molar-refractivity contribution in [3.63, 3.8) is 0 Å². The molecule has 142 valence electrons. The van der Waals surface area contributed by atoms with Crippen LogP contribution in [0.2, 0.25) is 0 Å². The van der Waals surface area contributed by atoms with E-state index in [0.717, 1.165) is 19.5 Å². The molecule has 8 heteroatoms. The maximum atomic E-state index is 12.4. The Balaban J connectivity index is 1.47. The highest BCUT2D eigenvalue weighted by Gasteiger charge is 2.34. The van der Waals surface area contributed by atoms with Crippen molar-refractivity contribution in [3.8, 4) is 0 Å². The highest BCUT2D eigenvalue weighted by atomic mass is 16.2. The zero-order valence-electron chi connectivity index (χ0n) is 15.4. The minimum absolute atomic E-state index is 0.237.